The molecule has 102 valence electrons. The third-order valence-corrected chi connectivity index (χ3v) is 3.28. The van der Waals surface area contributed by atoms with Gasteiger partial charge in [-0.15, -0.1) is 0 Å². The van der Waals surface area contributed by atoms with Gasteiger partial charge in [0.05, 0.1) is 5.69 Å². The molecular weight excluding hydrogens is 224 g/mol. The van der Waals surface area contributed by atoms with Crippen LogP contribution in [-0.2, 0) is 6.54 Å². The zero-order valence-electron chi connectivity index (χ0n) is 11.9. The maximum atomic E-state index is 4.20. The minimum atomic E-state index is 0.538. The van der Waals surface area contributed by atoms with Gasteiger partial charge in [-0.3, -0.25) is 0 Å². The minimum absolute atomic E-state index is 0.538. The van der Waals surface area contributed by atoms with Crippen molar-refractivity contribution in [3.8, 4) is 0 Å². The van der Waals surface area contributed by atoms with E-state index in [1.165, 1.54) is 19.4 Å². The Morgan fingerprint density at radius 2 is 2.11 bits per heavy atom. The maximum Gasteiger partial charge on any atom is 0.115 e. The predicted octanol–water partition coefficient (Wildman–Crippen LogP) is 2.08. The van der Waals surface area contributed by atoms with Crippen molar-refractivity contribution in [2.24, 2.45) is 0 Å². The van der Waals surface area contributed by atoms with Crippen LogP contribution in [0.1, 0.15) is 39.3 Å². The van der Waals surface area contributed by atoms with E-state index in [1.807, 2.05) is 6.07 Å². The van der Waals surface area contributed by atoms with Crippen molar-refractivity contribution in [2.75, 3.05) is 19.6 Å². The van der Waals surface area contributed by atoms with Crippen molar-refractivity contribution >= 4 is 0 Å². The van der Waals surface area contributed by atoms with Crippen LogP contribution >= 0.6 is 0 Å². The Kier molecular flexibility index (Phi) is 7.53. The Bertz CT molecular complexity index is 298. The van der Waals surface area contributed by atoms with Crippen molar-refractivity contribution in [3.05, 3.63) is 24.3 Å². The molecule has 4 heteroatoms. The van der Waals surface area contributed by atoms with E-state index in [-0.39, 0.29) is 0 Å². The van der Waals surface area contributed by atoms with Crippen molar-refractivity contribution < 1.29 is 0 Å². The van der Waals surface area contributed by atoms with E-state index in [0.717, 1.165) is 25.3 Å². The summed E-state index contributed by atoms with van der Waals surface area (Å²) in [7, 11) is 0. The smallest absolute Gasteiger partial charge is 0.115 e. The lowest BCUT2D eigenvalue weighted by Crippen LogP contribution is -2.29. The number of rotatable bonds is 9. The highest BCUT2D eigenvalue weighted by molar-refractivity contribution is 4.97. The summed E-state index contributed by atoms with van der Waals surface area (Å²) in [6, 6.07) is 2.49. The van der Waals surface area contributed by atoms with Gasteiger partial charge in [0, 0.05) is 18.8 Å². The molecule has 0 spiro atoms. The molecule has 0 aliphatic rings. The van der Waals surface area contributed by atoms with Crippen LogP contribution in [0.2, 0.25) is 0 Å². The van der Waals surface area contributed by atoms with E-state index in [9.17, 15) is 0 Å². The van der Waals surface area contributed by atoms with Crippen LogP contribution in [0.15, 0.2) is 18.6 Å². The summed E-state index contributed by atoms with van der Waals surface area (Å²) in [6.07, 6.45) is 5.85. The van der Waals surface area contributed by atoms with Crippen LogP contribution in [0.5, 0.6) is 0 Å². The van der Waals surface area contributed by atoms with E-state index < -0.39 is 0 Å². The number of nitrogens with zero attached hydrogens (tertiary/aromatic N) is 3. The number of hydrogen-bond donors (Lipinski definition) is 1. The molecule has 0 fully saturated rings. The molecular formula is C14H26N4. The summed E-state index contributed by atoms with van der Waals surface area (Å²) >= 11 is 0. The molecule has 0 saturated carbocycles. The highest BCUT2D eigenvalue weighted by atomic mass is 15.1. The van der Waals surface area contributed by atoms with Gasteiger partial charge in [0.15, 0.2) is 0 Å². The molecule has 1 aromatic rings. The molecule has 0 saturated heterocycles. The molecule has 0 bridgehead atoms. The van der Waals surface area contributed by atoms with E-state index in [2.05, 4.69) is 41.0 Å². The highest BCUT2D eigenvalue weighted by Crippen LogP contribution is 2.01. The van der Waals surface area contributed by atoms with Gasteiger partial charge in [-0.1, -0.05) is 13.8 Å². The van der Waals surface area contributed by atoms with Crippen LogP contribution in [0.4, 0.5) is 0 Å². The van der Waals surface area contributed by atoms with E-state index in [4.69, 9.17) is 0 Å². The van der Waals surface area contributed by atoms with Gasteiger partial charge >= 0.3 is 0 Å². The quantitative estimate of drug-likeness (QED) is 0.728. The first-order chi connectivity index (χ1) is 8.76. The van der Waals surface area contributed by atoms with Gasteiger partial charge in [0.2, 0.25) is 0 Å². The van der Waals surface area contributed by atoms with Gasteiger partial charge in [0.1, 0.15) is 6.33 Å². The number of nitrogens with one attached hydrogen (secondary N) is 1. The van der Waals surface area contributed by atoms with Gasteiger partial charge < -0.3 is 10.2 Å². The van der Waals surface area contributed by atoms with Crippen molar-refractivity contribution in [1.82, 2.24) is 20.2 Å². The zero-order valence-corrected chi connectivity index (χ0v) is 11.9. The molecule has 4 nitrogen and oxygen atoms in total. The second kappa shape index (κ2) is 9.00. The summed E-state index contributed by atoms with van der Waals surface area (Å²) < 4.78 is 0. The third kappa shape index (κ3) is 6.07. The summed E-state index contributed by atoms with van der Waals surface area (Å²) in [5.41, 5.74) is 1.06. The van der Waals surface area contributed by atoms with Crippen molar-refractivity contribution in [2.45, 2.75) is 46.2 Å². The number of aromatic nitrogens is 2. The molecule has 18 heavy (non-hydrogen) atoms. The molecule has 0 aliphatic heterocycles. The molecule has 1 aromatic heterocycles. The molecule has 1 rings (SSSR count). The van der Waals surface area contributed by atoms with Crippen LogP contribution in [0.25, 0.3) is 0 Å². The third-order valence-electron chi connectivity index (χ3n) is 3.28. The average Bonchev–Trinajstić information content (AvgIpc) is 2.42. The molecule has 1 atom stereocenters. The summed E-state index contributed by atoms with van der Waals surface area (Å²) in [4.78, 5) is 10.6. The lowest BCUT2D eigenvalue weighted by Gasteiger charge is -2.19. The van der Waals surface area contributed by atoms with E-state index >= 15 is 0 Å². The van der Waals surface area contributed by atoms with Crippen molar-refractivity contribution in [1.29, 1.82) is 0 Å². The average molecular weight is 250 g/mol. The van der Waals surface area contributed by atoms with E-state index in [1.54, 1.807) is 12.5 Å². The molecule has 1 N–H and O–H groups in total. The minimum Gasteiger partial charge on any atom is -0.309 e. The molecule has 1 heterocycles. The maximum absolute atomic E-state index is 4.20. The molecule has 0 radical (unpaired) electrons. The summed E-state index contributed by atoms with van der Waals surface area (Å²) in [6.45, 7) is 11.0. The van der Waals surface area contributed by atoms with Crippen LogP contribution in [0, 0.1) is 0 Å². The molecule has 0 amide bonds. The van der Waals surface area contributed by atoms with Crippen molar-refractivity contribution in [3.63, 3.8) is 0 Å². The SMILES string of the molecule is CCN(CC)CCCC(C)NCc1ccncn1. The largest absolute Gasteiger partial charge is 0.309 e. The second-order valence-corrected chi connectivity index (χ2v) is 4.65. The number of hydrogen-bond acceptors (Lipinski definition) is 4. The Hall–Kier alpha value is -1.00. The van der Waals surface area contributed by atoms with Gasteiger partial charge in [-0.25, -0.2) is 9.97 Å². The lowest BCUT2D eigenvalue weighted by molar-refractivity contribution is 0.290. The van der Waals surface area contributed by atoms with Crippen LogP contribution in [-0.4, -0.2) is 40.5 Å². The monoisotopic (exact) mass is 250 g/mol. The Balaban J connectivity index is 2.12. The normalized spacial score (nSPS) is 12.9. The zero-order chi connectivity index (χ0) is 13.2. The highest BCUT2D eigenvalue weighted by Gasteiger charge is 2.04. The van der Waals surface area contributed by atoms with Gasteiger partial charge in [-0.2, -0.15) is 0 Å². The predicted molar refractivity (Wildman–Crippen MR) is 75.4 cm³/mol. The Labute approximate surface area is 111 Å². The summed E-state index contributed by atoms with van der Waals surface area (Å²) in [5.74, 6) is 0. The first-order valence-electron chi connectivity index (χ1n) is 6.96. The van der Waals surface area contributed by atoms with Crippen LogP contribution < -0.4 is 5.32 Å². The first-order valence-corrected chi connectivity index (χ1v) is 6.96. The Morgan fingerprint density at radius 3 is 2.72 bits per heavy atom. The lowest BCUT2D eigenvalue weighted by atomic mass is 10.1. The van der Waals surface area contributed by atoms with Gasteiger partial charge in [0.25, 0.3) is 0 Å². The van der Waals surface area contributed by atoms with E-state index in [0.29, 0.717) is 6.04 Å². The first kappa shape index (κ1) is 15.1. The van der Waals surface area contributed by atoms with Gasteiger partial charge in [-0.05, 0) is 45.5 Å². The fraction of sp³-hybridized carbons (Fsp3) is 0.714. The topological polar surface area (TPSA) is 41.0 Å². The molecule has 0 aliphatic carbocycles. The molecule has 1 unspecified atom stereocenters. The fourth-order valence-electron chi connectivity index (χ4n) is 1.96. The molecule has 0 aromatic carbocycles. The fourth-order valence-corrected chi connectivity index (χ4v) is 1.96. The second-order valence-electron chi connectivity index (χ2n) is 4.65. The standard InChI is InChI=1S/C14H26N4/c1-4-18(5-2)10-6-7-13(3)16-11-14-8-9-15-12-17-14/h8-9,12-13,16H,4-7,10-11H2,1-3H3. The summed E-state index contributed by atoms with van der Waals surface area (Å²) in [5, 5.41) is 3.50. The Morgan fingerprint density at radius 1 is 1.33 bits per heavy atom. The van der Waals surface area contributed by atoms with Crippen LogP contribution in [0.3, 0.4) is 0 Å².